The summed E-state index contributed by atoms with van der Waals surface area (Å²) in [5, 5.41) is 0. The van der Waals surface area contributed by atoms with Crippen LogP contribution in [0.2, 0.25) is 0 Å². The first-order valence-electron chi connectivity index (χ1n) is 13.3. The standard InChI is InChI=1S/C35H27F6N/c1-33(2,3)24-19-27(25-13-7-9-15-29(25)34(36,37)38)32(23-17-18-31(42-21-23)22-11-5-4-6-12-22)28(20-24)26-14-8-10-16-30(26)35(39,40)41/h4-21H,1-3H3. The quantitative estimate of drug-likeness (QED) is 0.194. The highest BCUT2D eigenvalue weighted by Crippen LogP contribution is 2.48. The van der Waals surface area contributed by atoms with Crippen LogP contribution in [0.15, 0.2) is 109 Å². The smallest absolute Gasteiger partial charge is 0.256 e. The molecule has 1 aromatic heterocycles. The summed E-state index contributed by atoms with van der Waals surface area (Å²) < 4.78 is 86.0. The molecule has 4 aromatic carbocycles. The fourth-order valence-corrected chi connectivity index (χ4v) is 5.06. The van der Waals surface area contributed by atoms with Crippen molar-refractivity contribution in [2.24, 2.45) is 0 Å². The maximum absolute atomic E-state index is 14.3. The van der Waals surface area contributed by atoms with E-state index in [-0.39, 0.29) is 27.8 Å². The normalized spacial score (nSPS) is 12.4. The first-order valence-corrected chi connectivity index (χ1v) is 13.3. The zero-order chi connectivity index (χ0) is 30.3. The van der Waals surface area contributed by atoms with Crippen LogP contribution >= 0.6 is 0 Å². The van der Waals surface area contributed by atoms with Crippen molar-refractivity contribution >= 4 is 0 Å². The SMILES string of the molecule is CC(C)(C)c1cc(-c2ccccc2C(F)(F)F)c(-c2ccc(-c3ccccc3)nc2)c(-c2ccccc2C(F)(F)F)c1. The summed E-state index contributed by atoms with van der Waals surface area (Å²) in [6.45, 7) is 5.62. The van der Waals surface area contributed by atoms with Crippen LogP contribution in [0.5, 0.6) is 0 Å². The molecule has 0 N–H and O–H groups in total. The highest BCUT2D eigenvalue weighted by Gasteiger charge is 2.37. The van der Waals surface area contributed by atoms with Gasteiger partial charge in [-0.2, -0.15) is 26.3 Å². The van der Waals surface area contributed by atoms with Gasteiger partial charge in [0.05, 0.1) is 16.8 Å². The lowest BCUT2D eigenvalue weighted by Crippen LogP contribution is -2.14. The third kappa shape index (κ3) is 5.82. The molecule has 5 rings (SSSR count). The molecule has 0 radical (unpaired) electrons. The Labute approximate surface area is 240 Å². The molecule has 5 aromatic rings. The van der Waals surface area contributed by atoms with E-state index in [1.807, 2.05) is 51.1 Å². The van der Waals surface area contributed by atoms with Gasteiger partial charge in [-0.1, -0.05) is 93.6 Å². The van der Waals surface area contributed by atoms with Gasteiger partial charge in [0.15, 0.2) is 0 Å². The van der Waals surface area contributed by atoms with Crippen molar-refractivity contribution in [2.45, 2.75) is 38.5 Å². The number of nitrogens with zero attached hydrogens (tertiary/aromatic N) is 1. The molecule has 0 aliphatic rings. The second-order valence-corrected chi connectivity index (χ2v) is 11.1. The zero-order valence-electron chi connectivity index (χ0n) is 23.1. The van der Waals surface area contributed by atoms with Gasteiger partial charge in [0.25, 0.3) is 0 Å². The zero-order valence-corrected chi connectivity index (χ0v) is 23.1. The summed E-state index contributed by atoms with van der Waals surface area (Å²) in [7, 11) is 0. The lowest BCUT2D eigenvalue weighted by molar-refractivity contribution is -0.137. The van der Waals surface area contributed by atoms with Crippen molar-refractivity contribution in [1.29, 1.82) is 0 Å². The summed E-state index contributed by atoms with van der Waals surface area (Å²) in [5.41, 5.74) is 0.468. The summed E-state index contributed by atoms with van der Waals surface area (Å²) in [6.07, 6.45) is -7.87. The molecule has 0 saturated heterocycles. The van der Waals surface area contributed by atoms with E-state index in [1.54, 1.807) is 24.3 Å². The van der Waals surface area contributed by atoms with E-state index in [0.29, 0.717) is 16.8 Å². The number of hydrogen-bond acceptors (Lipinski definition) is 1. The van der Waals surface area contributed by atoms with E-state index in [0.717, 1.165) is 17.7 Å². The van der Waals surface area contributed by atoms with Gasteiger partial charge in [0, 0.05) is 17.3 Å². The van der Waals surface area contributed by atoms with Gasteiger partial charge in [-0.05, 0) is 69.1 Å². The summed E-state index contributed by atoms with van der Waals surface area (Å²) >= 11 is 0. The van der Waals surface area contributed by atoms with Crippen LogP contribution in [0.1, 0.15) is 37.5 Å². The van der Waals surface area contributed by atoms with Gasteiger partial charge < -0.3 is 0 Å². The highest BCUT2D eigenvalue weighted by atomic mass is 19.4. The minimum Gasteiger partial charge on any atom is -0.256 e. The Morgan fingerprint density at radius 3 is 1.40 bits per heavy atom. The predicted octanol–water partition coefficient (Wildman–Crippen LogP) is 11.1. The van der Waals surface area contributed by atoms with Crippen LogP contribution in [0, 0.1) is 0 Å². The molecule has 42 heavy (non-hydrogen) atoms. The van der Waals surface area contributed by atoms with Crippen LogP contribution in [0.25, 0.3) is 44.6 Å². The second-order valence-electron chi connectivity index (χ2n) is 11.1. The Kier molecular flexibility index (Phi) is 7.48. The average Bonchev–Trinajstić information content (AvgIpc) is 2.96. The van der Waals surface area contributed by atoms with E-state index in [2.05, 4.69) is 4.98 Å². The topological polar surface area (TPSA) is 12.9 Å². The van der Waals surface area contributed by atoms with Gasteiger partial charge in [-0.15, -0.1) is 0 Å². The van der Waals surface area contributed by atoms with E-state index in [9.17, 15) is 26.3 Å². The van der Waals surface area contributed by atoms with Crippen molar-refractivity contribution in [3.63, 3.8) is 0 Å². The molecule has 214 valence electrons. The molecule has 7 heteroatoms. The number of halogens is 6. The Hall–Kier alpha value is -4.39. The monoisotopic (exact) mass is 575 g/mol. The summed E-state index contributed by atoms with van der Waals surface area (Å²) in [6, 6.07) is 26.3. The molecule has 0 aliphatic heterocycles. The van der Waals surface area contributed by atoms with Crippen LogP contribution in [0.3, 0.4) is 0 Å². The summed E-state index contributed by atoms with van der Waals surface area (Å²) in [5.74, 6) is 0. The number of hydrogen-bond donors (Lipinski definition) is 0. The number of pyridine rings is 1. The van der Waals surface area contributed by atoms with E-state index < -0.39 is 28.9 Å². The maximum atomic E-state index is 14.3. The minimum atomic E-state index is -4.69. The van der Waals surface area contributed by atoms with Crippen molar-refractivity contribution in [3.05, 3.63) is 126 Å². The molecule has 0 atom stereocenters. The van der Waals surface area contributed by atoms with Crippen LogP contribution in [-0.2, 0) is 17.8 Å². The van der Waals surface area contributed by atoms with Crippen molar-refractivity contribution in [1.82, 2.24) is 4.98 Å². The Bertz CT molecular complexity index is 1630. The van der Waals surface area contributed by atoms with Crippen LogP contribution in [-0.4, -0.2) is 4.98 Å². The molecule has 0 amide bonds. The molecule has 0 bridgehead atoms. The van der Waals surface area contributed by atoms with Gasteiger partial charge in [0.1, 0.15) is 0 Å². The molecule has 0 spiro atoms. The molecule has 0 unspecified atom stereocenters. The van der Waals surface area contributed by atoms with Crippen molar-refractivity contribution < 1.29 is 26.3 Å². The lowest BCUT2D eigenvalue weighted by atomic mass is 9.78. The molecule has 1 nitrogen and oxygen atoms in total. The predicted molar refractivity (Wildman–Crippen MR) is 155 cm³/mol. The van der Waals surface area contributed by atoms with E-state index >= 15 is 0 Å². The molecule has 0 aliphatic carbocycles. The number of alkyl halides is 6. The number of rotatable bonds is 4. The average molecular weight is 576 g/mol. The van der Waals surface area contributed by atoms with Gasteiger partial charge in [-0.25, -0.2) is 0 Å². The number of aromatic nitrogens is 1. The Balaban J connectivity index is 1.91. The molecule has 0 fully saturated rings. The largest absolute Gasteiger partial charge is 0.417 e. The first kappa shape index (κ1) is 29.1. The van der Waals surface area contributed by atoms with Crippen molar-refractivity contribution in [2.75, 3.05) is 0 Å². The minimum absolute atomic E-state index is 0.121. The van der Waals surface area contributed by atoms with E-state index in [1.165, 1.54) is 42.6 Å². The first-order chi connectivity index (χ1) is 19.7. The van der Waals surface area contributed by atoms with E-state index in [4.69, 9.17) is 0 Å². The Morgan fingerprint density at radius 2 is 0.976 bits per heavy atom. The van der Waals surface area contributed by atoms with Gasteiger partial charge >= 0.3 is 12.4 Å². The third-order valence-corrected chi connectivity index (χ3v) is 7.17. The molecular formula is C35H27F6N. The fourth-order valence-electron chi connectivity index (χ4n) is 5.06. The van der Waals surface area contributed by atoms with Gasteiger partial charge in [-0.3, -0.25) is 4.98 Å². The maximum Gasteiger partial charge on any atom is 0.417 e. The molecule has 1 heterocycles. The second kappa shape index (κ2) is 10.8. The van der Waals surface area contributed by atoms with Crippen LogP contribution < -0.4 is 0 Å². The molecular weight excluding hydrogens is 548 g/mol. The highest BCUT2D eigenvalue weighted by molar-refractivity contribution is 5.96. The lowest BCUT2D eigenvalue weighted by Gasteiger charge is -2.27. The molecule has 0 saturated carbocycles. The third-order valence-electron chi connectivity index (χ3n) is 7.17. The van der Waals surface area contributed by atoms with Crippen LogP contribution in [0.4, 0.5) is 26.3 Å². The fraction of sp³-hybridized carbons (Fsp3) is 0.171. The summed E-state index contributed by atoms with van der Waals surface area (Å²) in [4.78, 5) is 4.56. The van der Waals surface area contributed by atoms with Gasteiger partial charge in [0.2, 0.25) is 0 Å². The number of benzene rings is 4. The van der Waals surface area contributed by atoms with Crippen molar-refractivity contribution in [3.8, 4) is 44.6 Å². The Morgan fingerprint density at radius 1 is 0.500 bits per heavy atom.